The van der Waals surface area contributed by atoms with Gasteiger partial charge >= 0.3 is 0 Å². The van der Waals surface area contributed by atoms with E-state index in [0.29, 0.717) is 29.1 Å². The normalized spacial score (nSPS) is 15.2. The van der Waals surface area contributed by atoms with Gasteiger partial charge in [0.15, 0.2) is 5.65 Å². The summed E-state index contributed by atoms with van der Waals surface area (Å²) < 4.78 is 1.88. The van der Waals surface area contributed by atoms with Gasteiger partial charge < -0.3 is 9.80 Å². The number of halogens is 2. The quantitative estimate of drug-likeness (QED) is 0.178. The van der Waals surface area contributed by atoms with Gasteiger partial charge in [-0.15, -0.1) is 0 Å². The lowest BCUT2D eigenvalue weighted by atomic mass is 10.1. The SMILES string of the molecule is CNNN(C)C(=N)N(Cc1cc(Cl)cc(Cl)c1)Cc1cc2c(C)nn(C)c2nc1N(CC1CC1)CC1CC1. The number of fused-ring (bicyclic) bond motifs is 1. The van der Waals surface area contributed by atoms with Gasteiger partial charge in [-0.05, 0) is 74.3 Å². The Hall–Kier alpha value is -2.59. The maximum atomic E-state index is 9.03. The molecular weight excluding hydrogens is 521 g/mol. The molecule has 0 aliphatic heterocycles. The average molecular weight is 559 g/mol. The molecule has 3 N–H and O–H groups in total. The summed E-state index contributed by atoms with van der Waals surface area (Å²) in [4.78, 5) is 9.74. The van der Waals surface area contributed by atoms with E-state index in [2.05, 4.69) is 27.0 Å². The zero-order valence-corrected chi connectivity index (χ0v) is 24.1. The van der Waals surface area contributed by atoms with E-state index in [1.165, 1.54) is 25.7 Å². The third-order valence-corrected chi connectivity index (χ3v) is 7.70. The van der Waals surface area contributed by atoms with Crippen LogP contribution in [0.4, 0.5) is 5.82 Å². The molecule has 9 nitrogen and oxygen atoms in total. The Morgan fingerprint density at radius 1 is 1.05 bits per heavy atom. The predicted octanol–water partition coefficient (Wildman–Crippen LogP) is 4.72. The lowest BCUT2D eigenvalue weighted by molar-refractivity contribution is 0.252. The number of anilines is 1. The molecule has 11 heteroatoms. The van der Waals surface area contributed by atoms with Crippen LogP contribution in [0.5, 0.6) is 0 Å². The lowest BCUT2D eigenvalue weighted by Crippen LogP contribution is -2.51. The monoisotopic (exact) mass is 557 g/mol. The number of nitrogens with one attached hydrogen (secondary N) is 3. The summed E-state index contributed by atoms with van der Waals surface area (Å²) in [5.74, 6) is 2.79. The number of hydrogen-bond acceptors (Lipinski definition) is 6. The average Bonchev–Trinajstić information content (AvgIpc) is 3.79. The second-order valence-electron chi connectivity index (χ2n) is 10.7. The molecule has 0 amide bonds. The molecule has 0 atom stereocenters. The largest absolute Gasteiger partial charge is 0.356 e. The summed E-state index contributed by atoms with van der Waals surface area (Å²) in [7, 11) is 5.55. The first-order valence-electron chi connectivity index (χ1n) is 13.2. The zero-order valence-electron chi connectivity index (χ0n) is 22.6. The standard InChI is InChI=1S/C27H37Cl2N9/c1-17-24-11-21(16-38(27(30)36(4)34-31-2)15-20-9-22(28)12-23(29)10-20)25(32-26(24)35(3)33-17)37(13-18-5-6-18)14-19-7-8-19/h9-12,18-19,30-31,34H,5-8,13-16H2,1-4H3. The highest BCUT2D eigenvalue weighted by atomic mass is 35.5. The first-order valence-corrected chi connectivity index (χ1v) is 14.0. The van der Waals surface area contributed by atoms with Gasteiger partial charge in [-0.3, -0.25) is 15.1 Å². The van der Waals surface area contributed by atoms with Crippen molar-refractivity contribution in [2.24, 2.45) is 18.9 Å². The molecule has 0 spiro atoms. The highest BCUT2D eigenvalue weighted by molar-refractivity contribution is 6.34. The smallest absolute Gasteiger partial charge is 0.209 e. The van der Waals surface area contributed by atoms with Gasteiger partial charge in [0, 0.05) is 68.3 Å². The molecule has 204 valence electrons. The number of pyridine rings is 1. The van der Waals surface area contributed by atoms with Gasteiger partial charge in [0.25, 0.3) is 0 Å². The molecule has 5 rings (SSSR count). The molecule has 2 heterocycles. The molecule has 2 aromatic heterocycles. The van der Waals surface area contributed by atoms with E-state index in [9.17, 15) is 0 Å². The molecule has 0 bridgehead atoms. The number of hydrazine groups is 2. The summed E-state index contributed by atoms with van der Waals surface area (Å²) in [6, 6.07) is 7.76. The molecule has 0 radical (unpaired) electrons. The van der Waals surface area contributed by atoms with Crippen LogP contribution in [0.25, 0.3) is 11.0 Å². The fourth-order valence-electron chi connectivity index (χ4n) is 5.00. The Labute approximate surface area is 234 Å². The Bertz CT molecular complexity index is 1280. The van der Waals surface area contributed by atoms with Crippen LogP contribution in [0.2, 0.25) is 10.0 Å². The van der Waals surface area contributed by atoms with E-state index in [1.807, 2.05) is 42.7 Å². The van der Waals surface area contributed by atoms with Gasteiger partial charge in [0.1, 0.15) is 5.82 Å². The topological polar surface area (TPSA) is 88.3 Å². The Kier molecular flexibility index (Phi) is 8.00. The van der Waals surface area contributed by atoms with Gasteiger partial charge in [0.2, 0.25) is 5.96 Å². The van der Waals surface area contributed by atoms with Crippen molar-refractivity contribution in [3.8, 4) is 0 Å². The van der Waals surface area contributed by atoms with Crippen LogP contribution in [0, 0.1) is 24.2 Å². The molecule has 2 aliphatic rings. The van der Waals surface area contributed by atoms with Crippen molar-refractivity contribution >= 4 is 46.0 Å². The number of aryl methyl sites for hydroxylation is 2. The Balaban J connectivity index is 1.55. The van der Waals surface area contributed by atoms with Gasteiger partial charge in [-0.2, -0.15) is 10.6 Å². The van der Waals surface area contributed by atoms with Crippen LogP contribution >= 0.6 is 23.2 Å². The molecular formula is C27H37Cl2N9. The third-order valence-electron chi connectivity index (χ3n) is 7.26. The summed E-state index contributed by atoms with van der Waals surface area (Å²) in [5.41, 5.74) is 9.78. The molecule has 2 saturated carbocycles. The molecule has 2 aliphatic carbocycles. The summed E-state index contributed by atoms with van der Waals surface area (Å²) >= 11 is 12.7. The summed E-state index contributed by atoms with van der Waals surface area (Å²) in [6.07, 6.45) is 5.15. The van der Waals surface area contributed by atoms with E-state index < -0.39 is 0 Å². The van der Waals surface area contributed by atoms with Gasteiger partial charge in [-0.25, -0.2) is 10.4 Å². The van der Waals surface area contributed by atoms with Crippen LogP contribution in [0.3, 0.4) is 0 Å². The van der Waals surface area contributed by atoms with Gasteiger partial charge in [0.05, 0.1) is 5.69 Å². The highest BCUT2D eigenvalue weighted by Gasteiger charge is 2.32. The molecule has 0 unspecified atom stereocenters. The number of nitrogens with zero attached hydrogens (tertiary/aromatic N) is 6. The highest BCUT2D eigenvalue weighted by Crippen LogP contribution is 2.37. The fourth-order valence-corrected chi connectivity index (χ4v) is 5.57. The van der Waals surface area contributed by atoms with Crippen molar-refractivity contribution in [2.45, 2.75) is 45.7 Å². The minimum absolute atomic E-state index is 0.306. The minimum Gasteiger partial charge on any atom is -0.356 e. The zero-order chi connectivity index (χ0) is 27.0. The number of rotatable bonds is 11. The lowest BCUT2D eigenvalue weighted by Gasteiger charge is -2.33. The number of hydrogen-bond donors (Lipinski definition) is 3. The maximum absolute atomic E-state index is 9.03. The molecule has 2 fully saturated rings. The summed E-state index contributed by atoms with van der Waals surface area (Å²) in [5, 5.41) is 17.5. The van der Waals surface area contributed by atoms with Crippen molar-refractivity contribution in [2.75, 3.05) is 32.1 Å². The maximum Gasteiger partial charge on any atom is 0.209 e. The van der Waals surface area contributed by atoms with Crippen molar-refractivity contribution < 1.29 is 0 Å². The molecule has 38 heavy (non-hydrogen) atoms. The van der Waals surface area contributed by atoms with Crippen molar-refractivity contribution in [1.29, 1.82) is 5.41 Å². The fraction of sp³-hybridized carbons (Fsp3) is 0.519. The first-order chi connectivity index (χ1) is 18.2. The Morgan fingerprint density at radius 2 is 1.68 bits per heavy atom. The van der Waals surface area contributed by atoms with Crippen LogP contribution in [0.1, 0.15) is 42.5 Å². The van der Waals surface area contributed by atoms with E-state index in [0.717, 1.165) is 58.6 Å². The second kappa shape index (κ2) is 11.3. The molecule has 0 saturated heterocycles. The third kappa shape index (κ3) is 6.34. The number of guanidine groups is 1. The predicted molar refractivity (Wildman–Crippen MR) is 154 cm³/mol. The number of aromatic nitrogens is 3. The van der Waals surface area contributed by atoms with Crippen molar-refractivity contribution in [3.63, 3.8) is 0 Å². The number of benzene rings is 1. The molecule has 1 aromatic carbocycles. The van der Waals surface area contributed by atoms with Crippen molar-refractivity contribution in [3.05, 3.63) is 51.1 Å². The van der Waals surface area contributed by atoms with Gasteiger partial charge in [-0.1, -0.05) is 23.2 Å². The van der Waals surface area contributed by atoms with E-state index in [-0.39, 0.29) is 0 Å². The van der Waals surface area contributed by atoms with E-state index >= 15 is 0 Å². The van der Waals surface area contributed by atoms with Crippen LogP contribution in [-0.2, 0) is 20.1 Å². The van der Waals surface area contributed by atoms with Crippen LogP contribution in [0.15, 0.2) is 24.3 Å². The van der Waals surface area contributed by atoms with Crippen LogP contribution < -0.4 is 15.9 Å². The van der Waals surface area contributed by atoms with E-state index in [4.69, 9.17) is 33.6 Å². The minimum atomic E-state index is 0.306. The first kappa shape index (κ1) is 27.0. The van der Waals surface area contributed by atoms with E-state index in [1.54, 1.807) is 18.1 Å². The Morgan fingerprint density at radius 3 is 2.26 bits per heavy atom. The second-order valence-corrected chi connectivity index (χ2v) is 11.6. The van der Waals surface area contributed by atoms with Crippen LogP contribution in [-0.4, -0.2) is 57.8 Å². The summed E-state index contributed by atoms with van der Waals surface area (Å²) in [6.45, 7) is 5.04. The van der Waals surface area contributed by atoms with Crippen molar-refractivity contribution in [1.82, 2.24) is 35.6 Å². The molecule has 3 aromatic rings.